The van der Waals surface area contributed by atoms with Gasteiger partial charge in [0, 0.05) is 18.8 Å². The van der Waals surface area contributed by atoms with E-state index in [0.717, 1.165) is 30.4 Å². The summed E-state index contributed by atoms with van der Waals surface area (Å²) in [6.45, 7) is 4.65. The number of carboxylic acid groups (broad SMARTS) is 1. The van der Waals surface area contributed by atoms with Gasteiger partial charge in [0.15, 0.2) is 0 Å². The van der Waals surface area contributed by atoms with Gasteiger partial charge < -0.3 is 10.0 Å². The standard InChI is InChI=1S/C22H24F3NO2/c1-14-5-4-8-26(13-16-6-3-7-17(11-16)21(27)28)20-12-19(22(23,24)25)15(2)10-18(20)9-14/h3,6-7,10-12,14H,4-5,8-9,13H2,1-2H3,(H,27,28). The predicted octanol–water partition coefficient (Wildman–Crippen LogP) is 5.69. The second-order valence-electron chi connectivity index (χ2n) is 7.67. The third kappa shape index (κ3) is 4.49. The van der Waals surface area contributed by atoms with Crippen molar-refractivity contribution in [2.75, 3.05) is 11.4 Å². The lowest BCUT2D eigenvalue weighted by Crippen LogP contribution is -2.28. The van der Waals surface area contributed by atoms with Crippen molar-refractivity contribution in [1.82, 2.24) is 0 Å². The van der Waals surface area contributed by atoms with E-state index in [1.54, 1.807) is 18.2 Å². The van der Waals surface area contributed by atoms with Gasteiger partial charge in [0.2, 0.25) is 0 Å². The average Bonchev–Trinajstić information content (AvgIpc) is 2.59. The molecule has 1 N–H and O–H groups in total. The summed E-state index contributed by atoms with van der Waals surface area (Å²) in [6, 6.07) is 9.52. The molecule has 0 aliphatic carbocycles. The molecule has 0 fully saturated rings. The first kappa shape index (κ1) is 20.2. The van der Waals surface area contributed by atoms with Crippen molar-refractivity contribution in [2.45, 2.75) is 45.8 Å². The maximum atomic E-state index is 13.5. The number of alkyl halides is 3. The number of benzene rings is 2. The van der Waals surface area contributed by atoms with Crippen LogP contribution in [0.1, 0.15) is 52.4 Å². The molecule has 2 aromatic carbocycles. The minimum Gasteiger partial charge on any atom is -0.478 e. The Hall–Kier alpha value is -2.50. The van der Waals surface area contributed by atoms with E-state index in [1.165, 1.54) is 19.1 Å². The number of aromatic carboxylic acids is 1. The fourth-order valence-corrected chi connectivity index (χ4v) is 3.94. The van der Waals surface area contributed by atoms with Gasteiger partial charge in [0.1, 0.15) is 0 Å². The van der Waals surface area contributed by atoms with Gasteiger partial charge in [0.05, 0.1) is 11.1 Å². The molecule has 1 unspecified atom stereocenters. The molecule has 0 saturated carbocycles. The van der Waals surface area contributed by atoms with Gasteiger partial charge >= 0.3 is 12.1 Å². The van der Waals surface area contributed by atoms with Crippen LogP contribution >= 0.6 is 0 Å². The molecule has 0 spiro atoms. The Morgan fingerprint density at radius 3 is 2.68 bits per heavy atom. The van der Waals surface area contributed by atoms with Crippen molar-refractivity contribution in [2.24, 2.45) is 5.92 Å². The zero-order chi connectivity index (χ0) is 20.5. The minimum absolute atomic E-state index is 0.179. The van der Waals surface area contributed by atoms with E-state index < -0.39 is 17.7 Å². The first-order valence-electron chi connectivity index (χ1n) is 9.43. The quantitative estimate of drug-likeness (QED) is 0.731. The Balaban J connectivity index is 2.04. The van der Waals surface area contributed by atoms with E-state index in [9.17, 15) is 23.1 Å². The van der Waals surface area contributed by atoms with Crippen molar-refractivity contribution in [3.8, 4) is 0 Å². The topological polar surface area (TPSA) is 40.5 Å². The molecular weight excluding hydrogens is 367 g/mol. The molecule has 0 radical (unpaired) electrons. The number of aryl methyl sites for hydroxylation is 1. The van der Waals surface area contributed by atoms with Crippen LogP contribution in [-0.4, -0.2) is 17.6 Å². The molecule has 0 amide bonds. The first-order valence-corrected chi connectivity index (χ1v) is 9.43. The lowest BCUT2D eigenvalue weighted by atomic mass is 9.90. The van der Waals surface area contributed by atoms with Crippen molar-refractivity contribution in [1.29, 1.82) is 0 Å². The highest BCUT2D eigenvalue weighted by molar-refractivity contribution is 5.87. The molecule has 1 heterocycles. The molecule has 2 aromatic rings. The second kappa shape index (κ2) is 7.86. The second-order valence-corrected chi connectivity index (χ2v) is 7.67. The van der Waals surface area contributed by atoms with Gasteiger partial charge in [0.25, 0.3) is 0 Å². The van der Waals surface area contributed by atoms with Gasteiger partial charge in [-0.2, -0.15) is 13.2 Å². The molecule has 0 saturated heterocycles. The van der Waals surface area contributed by atoms with Crippen LogP contribution in [0.4, 0.5) is 18.9 Å². The van der Waals surface area contributed by atoms with Crippen LogP contribution in [0.5, 0.6) is 0 Å². The monoisotopic (exact) mass is 391 g/mol. The molecule has 28 heavy (non-hydrogen) atoms. The van der Waals surface area contributed by atoms with Gasteiger partial charge in [-0.05, 0) is 67.0 Å². The summed E-state index contributed by atoms with van der Waals surface area (Å²) in [5, 5.41) is 9.20. The van der Waals surface area contributed by atoms with E-state index >= 15 is 0 Å². The third-order valence-corrected chi connectivity index (χ3v) is 5.31. The summed E-state index contributed by atoms with van der Waals surface area (Å²) >= 11 is 0. The van der Waals surface area contributed by atoms with Crippen LogP contribution < -0.4 is 4.90 Å². The van der Waals surface area contributed by atoms with E-state index in [1.807, 2.05) is 11.0 Å². The zero-order valence-corrected chi connectivity index (χ0v) is 16.0. The van der Waals surface area contributed by atoms with Crippen molar-refractivity contribution < 1.29 is 23.1 Å². The number of carbonyl (C=O) groups is 1. The maximum absolute atomic E-state index is 13.5. The Morgan fingerprint density at radius 1 is 1.25 bits per heavy atom. The molecule has 3 rings (SSSR count). The summed E-state index contributed by atoms with van der Waals surface area (Å²) < 4.78 is 40.5. The fraction of sp³-hybridized carbons (Fsp3) is 0.409. The van der Waals surface area contributed by atoms with Gasteiger partial charge in [-0.3, -0.25) is 0 Å². The number of nitrogens with zero attached hydrogens (tertiary/aromatic N) is 1. The zero-order valence-electron chi connectivity index (χ0n) is 16.0. The predicted molar refractivity (Wildman–Crippen MR) is 103 cm³/mol. The molecule has 3 nitrogen and oxygen atoms in total. The van der Waals surface area contributed by atoms with E-state index in [4.69, 9.17) is 0 Å². The highest BCUT2D eigenvalue weighted by Gasteiger charge is 2.34. The number of hydrogen-bond acceptors (Lipinski definition) is 2. The highest BCUT2D eigenvalue weighted by Crippen LogP contribution is 2.38. The summed E-state index contributed by atoms with van der Waals surface area (Å²) in [4.78, 5) is 13.2. The highest BCUT2D eigenvalue weighted by atomic mass is 19.4. The molecule has 0 bridgehead atoms. The van der Waals surface area contributed by atoms with E-state index in [2.05, 4.69) is 6.92 Å². The number of hydrogen-bond donors (Lipinski definition) is 1. The number of halogens is 3. The van der Waals surface area contributed by atoms with Crippen LogP contribution in [0, 0.1) is 12.8 Å². The normalized spacial score (nSPS) is 17.6. The van der Waals surface area contributed by atoms with Crippen molar-refractivity contribution in [3.05, 3.63) is 64.2 Å². The summed E-state index contributed by atoms with van der Waals surface area (Å²) in [5.74, 6) is -0.605. The van der Waals surface area contributed by atoms with Crippen molar-refractivity contribution in [3.63, 3.8) is 0 Å². The smallest absolute Gasteiger partial charge is 0.416 e. The first-order chi connectivity index (χ1) is 13.1. The summed E-state index contributed by atoms with van der Waals surface area (Å²) in [5.41, 5.74) is 2.11. The van der Waals surface area contributed by atoms with Crippen LogP contribution in [0.15, 0.2) is 36.4 Å². The Bertz CT molecular complexity index is 877. The lowest BCUT2D eigenvalue weighted by Gasteiger charge is -2.32. The Morgan fingerprint density at radius 2 is 2.00 bits per heavy atom. The lowest BCUT2D eigenvalue weighted by molar-refractivity contribution is -0.138. The molecule has 1 aliphatic rings. The molecule has 6 heteroatoms. The number of fused-ring (bicyclic) bond motifs is 1. The van der Waals surface area contributed by atoms with Gasteiger partial charge in [-0.1, -0.05) is 25.1 Å². The average molecular weight is 391 g/mol. The Kier molecular flexibility index (Phi) is 5.68. The molecule has 1 aliphatic heterocycles. The molecular formula is C22H24F3NO2. The van der Waals surface area contributed by atoms with Crippen LogP contribution in [-0.2, 0) is 19.1 Å². The van der Waals surface area contributed by atoms with Gasteiger partial charge in [-0.15, -0.1) is 0 Å². The van der Waals surface area contributed by atoms with Crippen LogP contribution in [0.25, 0.3) is 0 Å². The molecule has 0 aromatic heterocycles. The molecule has 1 atom stereocenters. The van der Waals surface area contributed by atoms with E-state index in [-0.39, 0.29) is 11.1 Å². The summed E-state index contributed by atoms with van der Waals surface area (Å²) in [6.07, 6.45) is -1.78. The minimum atomic E-state index is -4.40. The number of rotatable bonds is 3. The third-order valence-electron chi connectivity index (χ3n) is 5.31. The van der Waals surface area contributed by atoms with Crippen LogP contribution in [0.3, 0.4) is 0 Å². The fourth-order valence-electron chi connectivity index (χ4n) is 3.94. The largest absolute Gasteiger partial charge is 0.478 e. The Labute approximate surface area is 162 Å². The van der Waals surface area contributed by atoms with Gasteiger partial charge in [-0.25, -0.2) is 4.79 Å². The van der Waals surface area contributed by atoms with Crippen LogP contribution in [0.2, 0.25) is 0 Å². The SMILES string of the molecule is Cc1cc2c(cc1C(F)(F)F)N(Cc1cccc(C(=O)O)c1)CCCC(C)C2. The summed E-state index contributed by atoms with van der Waals surface area (Å²) in [7, 11) is 0. The molecule has 150 valence electrons. The number of carboxylic acids is 1. The van der Waals surface area contributed by atoms with Crippen molar-refractivity contribution >= 4 is 11.7 Å². The van der Waals surface area contributed by atoms with E-state index in [0.29, 0.717) is 24.7 Å². The maximum Gasteiger partial charge on any atom is 0.416 e. The number of anilines is 1.